The Balaban J connectivity index is 2.50. The minimum Gasteiger partial charge on any atom is -0.504 e. The van der Waals surface area contributed by atoms with E-state index in [0.717, 1.165) is 0 Å². The van der Waals surface area contributed by atoms with Crippen molar-refractivity contribution in [1.29, 1.82) is 0 Å². The first kappa shape index (κ1) is 16.3. The Morgan fingerprint density at radius 1 is 1.35 bits per heavy atom. The summed E-state index contributed by atoms with van der Waals surface area (Å²) < 4.78 is 0. The Kier molecular flexibility index (Phi) is 6.27. The van der Waals surface area contributed by atoms with Crippen LogP contribution >= 0.6 is 0 Å². The topological polar surface area (TPSA) is 116 Å². The number of phenols is 2. The van der Waals surface area contributed by atoms with Gasteiger partial charge in [0.15, 0.2) is 11.5 Å². The quantitative estimate of drug-likeness (QED) is 0.460. The normalized spacial score (nSPS) is 13.8. The van der Waals surface area contributed by atoms with Gasteiger partial charge in [-0.2, -0.15) is 0 Å². The maximum atomic E-state index is 11.9. The highest BCUT2D eigenvalue weighted by atomic mass is 16.3. The molecule has 6 N–H and O–H groups in total. The summed E-state index contributed by atoms with van der Waals surface area (Å²) in [4.78, 5) is 11.9. The van der Waals surface area contributed by atoms with Gasteiger partial charge >= 0.3 is 0 Å². The Labute approximate surface area is 118 Å². The smallest absolute Gasteiger partial charge is 0.237 e. The van der Waals surface area contributed by atoms with Crippen LogP contribution in [0.25, 0.3) is 0 Å². The zero-order valence-electron chi connectivity index (χ0n) is 11.5. The van der Waals surface area contributed by atoms with Crippen molar-refractivity contribution in [3.63, 3.8) is 0 Å². The van der Waals surface area contributed by atoms with E-state index in [1.54, 1.807) is 6.07 Å². The zero-order chi connectivity index (χ0) is 15.1. The van der Waals surface area contributed by atoms with Crippen LogP contribution in [0.1, 0.15) is 25.3 Å². The molecule has 1 aromatic carbocycles. The molecule has 0 aliphatic heterocycles. The van der Waals surface area contributed by atoms with E-state index in [1.165, 1.54) is 12.1 Å². The summed E-state index contributed by atoms with van der Waals surface area (Å²) in [7, 11) is 0. The third-order valence-electron chi connectivity index (χ3n) is 3.02. The van der Waals surface area contributed by atoms with Crippen molar-refractivity contribution in [3.8, 4) is 11.5 Å². The number of benzene rings is 1. The van der Waals surface area contributed by atoms with Crippen molar-refractivity contribution in [3.05, 3.63) is 23.8 Å². The molecular weight excluding hydrogens is 260 g/mol. The molecule has 0 fully saturated rings. The lowest BCUT2D eigenvalue weighted by Crippen LogP contribution is -2.45. The molecule has 0 radical (unpaired) electrons. The highest BCUT2D eigenvalue weighted by molar-refractivity contribution is 5.82. The molecule has 2 atom stereocenters. The molecular formula is C14H22N2O4. The first-order valence-electron chi connectivity index (χ1n) is 6.61. The molecule has 0 spiro atoms. The van der Waals surface area contributed by atoms with Crippen LogP contribution < -0.4 is 11.1 Å². The van der Waals surface area contributed by atoms with Crippen molar-refractivity contribution in [2.45, 2.75) is 38.3 Å². The summed E-state index contributed by atoms with van der Waals surface area (Å²) in [6.07, 6.45) is 1.59. The van der Waals surface area contributed by atoms with E-state index in [0.29, 0.717) is 18.4 Å². The molecule has 1 aromatic rings. The van der Waals surface area contributed by atoms with Gasteiger partial charge in [0.05, 0.1) is 6.04 Å². The number of hydrogen-bond acceptors (Lipinski definition) is 5. The standard InChI is InChI=1S/C14H22N2O4/c1-9(3-2-6-17)16-14(20)11(15)7-10-4-5-12(18)13(19)8-10/h4-5,8-9,11,17-19H,2-3,6-7,15H2,1H3,(H,16,20)/t9?,11-/m0/s1. The van der Waals surface area contributed by atoms with Gasteiger partial charge in [0.1, 0.15) is 0 Å². The van der Waals surface area contributed by atoms with Gasteiger partial charge in [-0.3, -0.25) is 4.79 Å². The molecule has 0 aromatic heterocycles. The van der Waals surface area contributed by atoms with Crippen LogP contribution in [-0.4, -0.2) is 39.9 Å². The number of carbonyl (C=O) groups is 1. The first-order chi connectivity index (χ1) is 9.43. The van der Waals surface area contributed by atoms with Crippen LogP contribution in [0.4, 0.5) is 0 Å². The van der Waals surface area contributed by atoms with Gasteiger partial charge in [-0.1, -0.05) is 6.07 Å². The fourth-order valence-electron chi connectivity index (χ4n) is 1.86. The van der Waals surface area contributed by atoms with Crippen LogP contribution in [0.3, 0.4) is 0 Å². The monoisotopic (exact) mass is 282 g/mol. The fourth-order valence-corrected chi connectivity index (χ4v) is 1.86. The number of phenolic OH excluding ortho intramolecular Hbond substituents is 2. The molecule has 1 rings (SSSR count). The van der Waals surface area contributed by atoms with Gasteiger partial charge < -0.3 is 26.4 Å². The van der Waals surface area contributed by atoms with Crippen molar-refractivity contribution in [2.24, 2.45) is 5.73 Å². The minimum atomic E-state index is -0.726. The summed E-state index contributed by atoms with van der Waals surface area (Å²) in [5.41, 5.74) is 6.48. The van der Waals surface area contributed by atoms with Gasteiger partial charge in [0.2, 0.25) is 5.91 Å². The summed E-state index contributed by atoms with van der Waals surface area (Å²) in [6.45, 7) is 1.95. The van der Waals surface area contributed by atoms with E-state index in [4.69, 9.17) is 10.8 Å². The van der Waals surface area contributed by atoms with E-state index in [-0.39, 0.29) is 36.5 Å². The second-order valence-electron chi connectivity index (χ2n) is 4.91. The lowest BCUT2D eigenvalue weighted by molar-refractivity contribution is -0.123. The summed E-state index contributed by atoms with van der Waals surface area (Å²) in [5, 5.41) is 30.1. The Bertz CT molecular complexity index is 451. The maximum Gasteiger partial charge on any atom is 0.237 e. The van der Waals surface area contributed by atoms with Crippen LogP contribution in [0.2, 0.25) is 0 Å². The number of amides is 1. The number of nitrogens with two attached hydrogens (primary N) is 1. The van der Waals surface area contributed by atoms with Crippen molar-refractivity contribution in [2.75, 3.05) is 6.61 Å². The van der Waals surface area contributed by atoms with E-state index >= 15 is 0 Å². The first-order valence-corrected chi connectivity index (χ1v) is 6.61. The average Bonchev–Trinajstić information content (AvgIpc) is 2.40. The van der Waals surface area contributed by atoms with E-state index in [2.05, 4.69) is 5.32 Å². The molecule has 6 nitrogen and oxygen atoms in total. The van der Waals surface area contributed by atoms with Crippen LogP contribution in [-0.2, 0) is 11.2 Å². The van der Waals surface area contributed by atoms with E-state index in [1.807, 2.05) is 6.92 Å². The summed E-state index contributed by atoms with van der Waals surface area (Å²) >= 11 is 0. The SMILES string of the molecule is CC(CCCO)NC(=O)[C@@H](N)Cc1ccc(O)c(O)c1. The molecule has 0 aliphatic rings. The number of aromatic hydroxyl groups is 2. The van der Waals surface area contributed by atoms with Crippen LogP contribution in [0.15, 0.2) is 18.2 Å². The second-order valence-corrected chi connectivity index (χ2v) is 4.91. The van der Waals surface area contributed by atoms with E-state index < -0.39 is 6.04 Å². The van der Waals surface area contributed by atoms with Crippen molar-refractivity contribution >= 4 is 5.91 Å². The van der Waals surface area contributed by atoms with E-state index in [9.17, 15) is 15.0 Å². The maximum absolute atomic E-state index is 11.9. The minimum absolute atomic E-state index is 0.0473. The number of hydrogen-bond donors (Lipinski definition) is 5. The Morgan fingerprint density at radius 3 is 2.65 bits per heavy atom. The molecule has 112 valence electrons. The predicted molar refractivity (Wildman–Crippen MR) is 75.4 cm³/mol. The zero-order valence-corrected chi connectivity index (χ0v) is 11.5. The number of aliphatic hydroxyl groups excluding tert-OH is 1. The van der Waals surface area contributed by atoms with Crippen LogP contribution in [0.5, 0.6) is 11.5 Å². The Morgan fingerprint density at radius 2 is 2.05 bits per heavy atom. The highest BCUT2D eigenvalue weighted by Gasteiger charge is 2.16. The molecule has 1 unspecified atom stereocenters. The van der Waals surface area contributed by atoms with Crippen LogP contribution in [0, 0.1) is 0 Å². The van der Waals surface area contributed by atoms with Crippen molar-refractivity contribution < 1.29 is 20.1 Å². The molecule has 1 amide bonds. The summed E-state index contributed by atoms with van der Waals surface area (Å²) in [5.74, 6) is -0.709. The molecule has 20 heavy (non-hydrogen) atoms. The van der Waals surface area contributed by atoms with Gasteiger partial charge in [-0.25, -0.2) is 0 Å². The summed E-state index contributed by atoms with van der Waals surface area (Å²) in [6, 6.07) is 3.58. The largest absolute Gasteiger partial charge is 0.504 e. The third kappa shape index (κ3) is 5.07. The third-order valence-corrected chi connectivity index (χ3v) is 3.02. The molecule has 6 heteroatoms. The lowest BCUT2D eigenvalue weighted by Gasteiger charge is -2.17. The number of rotatable bonds is 7. The predicted octanol–water partition coefficient (Wildman–Crippen LogP) is 0.245. The fraction of sp³-hybridized carbons (Fsp3) is 0.500. The molecule has 0 saturated carbocycles. The molecule has 0 saturated heterocycles. The number of carbonyl (C=O) groups excluding carboxylic acids is 1. The van der Waals surface area contributed by atoms with Gasteiger partial charge in [-0.15, -0.1) is 0 Å². The number of aliphatic hydroxyl groups is 1. The lowest BCUT2D eigenvalue weighted by atomic mass is 10.0. The van der Waals surface area contributed by atoms with Gasteiger partial charge in [0.25, 0.3) is 0 Å². The van der Waals surface area contributed by atoms with Crippen molar-refractivity contribution in [1.82, 2.24) is 5.32 Å². The number of nitrogens with one attached hydrogen (secondary N) is 1. The molecule has 0 aliphatic carbocycles. The molecule has 0 bridgehead atoms. The Hall–Kier alpha value is -1.79. The van der Waals surface area contributed by atoms with Gasteiger partial charge in [-0.05, 0) is 43.9 Å². The molecule has 0 heterocycles. The average molecular weight is 282 g/mol. The highest BCUT2D eigenvalue weighted by Crippen LogP contribution is 2.25. The second kappa shape index (κ2) is 7.72. The van der Waals surface area contributed by atoms with Gasteiger partial charge in [0, 0.05) is 12.6 Å².